The van der Waals surface area contributed by atoms with Crippen molar-refractivity contribution < 1.29 is 9.47 Å². The second-order valence-electron chi connectivity index (χ2n) is 8.71. The number of nitrogens with zero attached hydrogens (tertiary/aromatic N) is 4. The van der Waals surface area contributed by atoms with E-state index in [-0.39, 0.29) is 6.35 Å². The summed E-state index contributed by atoms with van der Waals surface area (Å²) in [5, 5.41) is 8.52. The highest BCUT2D eigenvalue weighted by Gasteiger charge is 2.37. The molecule has 4 aliphatic rings. The average Bonchev–Trinajstić information content (AvgIpc) is 3.40. The molecule has 3 unspecified atom stereocenters. The van der Waals surface area contributed by atoms with Gasteiger partial charge < -0.3 is 14.4 Å². The van der Waals surface area contributed by atoms with Gasteiger partial charge in [0.25, 0.3) is 0 Å². The normalized spacial score (nSPS) is 31.2. The van der Waals surface area contributed by atoms with E-state index in [4.69, 9.17) is 14.6 Å². The summed E-state index contributed by atoms with van der Waals surface area (Å²) in [4.78, 5) is 4.89. The first kappa shape index (κ1) is 18.6. The van der Waals surface area contributed by atoms with Crippen molar-refractivity contribution in [1.82, 2.24) is 20.0 Å². The molecular formula is C21H33N5O2. The van der Waals surface area contributed by atoms with Crippen LogP contribution in [0.3, 0.4) is 0 Å². The summed E-state index contributed by atoms with van der Waals surface area (Å²) >= 11 is 0. The number of fused-ring (bicyclic) bond motifs is 2. The van der Waals surface area contributed by atoms with E-state index in [0.29, 0.717) is 12.1 Å². The molecule has 0 amide bonds. The third kappa shape index (κ3) is 3.28. The number of hydrogen-bond acceptors (Lipinski definition) is 6. The third-order valence-electron chi connectivity index (χ3n) is 6.86. The highest BCUT2D eigenvalue weighted by atomic mass is 16.5. The first-order valence-electron chi connectivity index (χ1n) is 10.8. The number of piperidine rings is 1. The molecule has 2 saturated heterocycles. The molecule has 154 valence electrons. The number of hydrogen-bond donors (Lipinski definition) is 1. The van der Waals surface area contributed by atoms with Crippen LogP contribution in [0.4, 0.5) is 5.82 Å². The molecule has 4 heterocycles. The zero-order chi connectivity index (χ0) is 19.3. The smallest absolute Gasteiger partial charge is 0.165 e. The minimum Gasteiger partial charge on any atom is -0.378 e. The zero-order valence-electron chi connectivity index (χ0n) is 17.4. The summed E-state index contributed by atoms with van der Waals surface area (Å²) < 4.78 is 13.8. The second kappa shape index (κ2) is 7.44. The predicted molar refractivity (Wildman–Crippen MR) is 108 cm³/mol. The van der Waals surface area contributed by atoms with Gasteiger partial charge in [0.1, 0.15) is 0 Å². The van der Waals surface area contributed by atoms with Gasteiger partial charge in [-0.15, -0.1) is 0 Å². The van der Waals surface area contributed by atoms with Crippen LogP contribution < -0.4 is 10.2 Å². The number of methoxy groups -OCH3 is 1. The lowest BCUT2D eigenvalue weighted by molar-refractivity contribution is -0.0582. The SMILES string of the molecule is CNC(OC)N1CCc2c(c(N3CC[C@@H]4C=C4C3)nn2C2CCOC(C)C2)C1. The van der Waals surface area contributed by atoms with Crippen LogP contribution in [0, 0.1) is 5.92 Å². The molecule has 7 nitrogen and oxygen atoms in total. The Morgan fingerprint density at radius 3 is 2.93 bits per heavy atom. The summed E-state index contributed by atoms with van der Waals surface area (Å²) in [5.74, 6) is 1.99. The number of anilines is 1. The minimum atomic E-state index is -0.0515. The fraction of sp³-hybridized carbons (Fsp3) is 0.762. The Hall–Kier alpha value is -1.41. The fourth-order valence-electron chi connectivity index (χ4n) is 5.28. The van der Waals surface area contributed by atoms with E-state index in [9.17, 15) is 0 Å². The van der Waals surface area contributed by atoms with E-state index in [2.05, 4.69) is 32.8 Å². The van der Waals surface area contributed by atoms with Gasteiger partial charge in [-0.25, -0.2) is 0 Å². The van der Waals surface area contributed by atoms with Crippen molar-refractivity contribution in [3.8, 4) is 0 Å². The van der Waals surface area contributed by atoms with Crippen molar-refractivity contribution in [3.05, 3.63) is 22.9 Å². The van der Waals surface area contributed by atoms with E-state index < -0.39 is 0 Å². The van der Waals surface area contributed by atoms with Gasteiger partial charge in [-0.05, 0) is 38.8 Å². The first-order chi connectivity index (χ1) is 13.7. The van der Waals surface area contributed by atoms with Crippen LogP contribution in [0.25, 0.3) is 0 Å². The van der Waals surface area contributed by atoms with Gasteiger partial charge in [-0.2, -0.15) is 5.10 Å². The van der Waals surface area contributed by atoms with Gasteiger partial charge in [0.15, 0.2) is 12.2 Å². The van der Waals surface area contributed by atoms with Gasteiger partial charge in [0, 0.05) is 63.5 Å². The van der Waals surface area contributed by atoms with E-state index in [1.807, 2.05) is 7.05 Å². The molecule has 1 aromatic rings. The predicted octanol–water partition coefficient (Wildman–Crippen LogP) is 1.90. The zero-order valence-corrected chi connectivity index (χ0v) is 17.4. The van der Waals surface area contributed by atoms with E-state index in [1.54, 1.807) is 12.7 Å². The van der Waals surface area contributed by atoms with Crippen LogP contribution in [-0.4, -0.2) is 67.5 Å². The monoisotopic (exact) mass is 387 g/mol. The van der Waals surface area contributed by atoms with Gasteiger partial charge in [-0.1, -0.05) is 6.08 Å². The quantitative estimate of drug-likeness (QED) is 0.615. The molecule has 0 spiro atoms. The molecule has 2 fully saturated rings. The Morgan fingerprint density at radius 2 is 2.18 bits per heavy atom. The van der Waals surface area contributed by atoms with Crippen LogP contribution in [0.1, 0.15) is 43.5 Å². The summed E-state index contributed by atoms with van der Waals surface area (Å²) in [6.07, 6.45) is 7.08. The molecule has 28 heavy (non-hydrogen) atoms. The minimum absolute atomic E-state index is 0.0515. The first-order valence-corrected chi connectivity index (χ1v) is 10.8. The number of rotatable bonds is 5. The molecule has 0 aromatic carbocycles. The van der Waals surface area contributed by atoms with Gasteiger partial charge >= 0.3 is 0 Å². The maximum atomic E-state index is 5.80. The van der Waals surface area contributed by atoms with Crippen LogP contribution in [0.15, 0.2) is 11.6 Å². The summed E-state index contributed by atoms with van der Waals surface area (Å²) in [6.45, 7) is 7.07. The Bertz CT molecular complexity index is 756. The largest absolute Gasteiger partial charge is 0.378 e. The van der Waals surface area contributed by atoms with Crippen LogP contribution in [-0.2, 0) is 22.4 Å². The molecule has 0 saturated carbocycles. The summed E-state index contributed by atoms with van der Waals surface area (Å²) in [6, 6.07) is 0.456. The van der Waals surface area contributed by atoms with Crippen LogP contribution >= 0.6 is 0 Å². The van der Waals surface area contributed by atoms with Crippen molar-refractivity contribution >= 4 is 5.82 Å². The van der Waals surface area contributed by atoms with Gasteiger partial charge in [-0.3, -0.25) is 14.9 Å². The molecule has 0 bridgehead atoms. The molecule has 0 radical (unpaired) electrons. The summed E-state index contributed by atoms with van der Waals surface area (Å²) in [5.41, 5.74) is 4.44. The summed E-state index contributed by atoms with van der Waals surface area (Å²) in [7, 11) is 3.73. The highest BCUT2D eigenvalue weighted by molar-refractivity contribution is 5.54. The number of allylic oxidation sites excluding steroid dienone is 1. The van der Waals surface area contributed by atoms with Crippen LogP contribution in [0.2, 0.25) is 0 Å². The third-order valence-corrected chi connectivity index (χ3v) is 6.86. The van der Waals surface area contributed by atoms with E-state index in [0.717, 1.165) is 58.0 Å². The highest BCUT2D eigenvalue weighted by Crippen LogP contribution is 2.41. The van der Waals surface area contributed by atoms with Crippen molar-refractivity contribution in [2.45, 2.75) is 57.6 Å². The average molecular weight is 388 g/mol. The standard InChI is InChI=1S/C21H33N5O2/c1-14-10-17(6-9-28-14)26-19-5-8-25(21(22-2)27-3)13-18(19)20(23-26)24-7-4-15-11-16(15)12-24/h11,14-15,17,21-22H,4-10,12-13H2,1-3H3/t14?,15-,17?,21?/m1/s1. The Morgan fingerprint density at radius 1 is 1.29 bits per heavy atom. The van der Waals surface area contributed by atoms with Gasteiger partial charge in [0.2, 0.25) is 0 Å². The van der Waals surface area contributed by atoms with Crippen LogP contribution in [0.5, 0.6) is 0 Å². The molecular weight excluding hydrogens is 354 g/mol. The maximum Gasteiger partial charge on any atom is 0.165 e. The molecule has 1 aliphatic carbocycles. The number of nitrogens with one attached hydrogen (secondary N) is 1. The topological polar surface area (TPSA) is 54.8 Å². The van der Waals surface area contributed by atoms with Crippen molar-refractivity contribution in [3.63, 3.8) is 0 Å². The lowest BCUT2D eigenvalue weighted by atomic mass is 10.0. The molecule has 5 rings (SSSR count). The molecule has 3 aliphatic heterocycles. The van der Waals surface area contributed by atoms with Crippen molar-refractivity contribution in [1.29, 1.82) is 0 Å². The fourth-order valence-corrected chi connectivity index (χ4v) is 5.28. The Balaban J connectivity index is 1.48. The van der Waals surface area contributed by atoms with E-state index in [1.165, 1.54) is 23.5 Å². The maximum absolute atomic E-state index is 5.80. The lowest BCUT2D eigenvalue weighted by Gasteiger charge is -2.35. The molecule has 1 aromatic heterocycles. The van der Waals surface area contributed by atoms with E-state index >= 15 is 0 Å². The number of ether oxygens (including phenoxy) is 2. The number of aromatic nitrogens is 2. The Labute approximate surface area is 167 Å². The molecule has 4 atom stereocenters. The Kier molecular flexibility index (Phi) is 4.95. The molecule has 1 N–H and O–H groups in total. The van der Waals surface area contributed by atoms with Crippen molar-refractivity contribution in [2.24, 2.45) is 5.92 Å². The van der Waals surface area contributed by atoms with Crippen molar-refractivity contribution in [2.75, 3.05) is 45.3 Å². The molecule has 7 heteroatoms. The van der Waals surface area contributed by atoms with Gasteiger partial charge in [0.05, 0.1) is 12.1 Å². The second-order valence-corrected chi connectivity index (χ2v) is 8.71. The lowest BCUT2D eigenvalue weighted by Crippen LogP contribution is -2.48.